The largest absolute Gasteiger partial charge is 0.481 e. The van der Waals surface area contributed by atoms with Gasteiger partial charge in [-0.2, -0.15) is 4.98 Å². The maximum Gasteiger partial charge on any atom is 0.263 e. The molecule has 0 radical (unpaired) electrons. The Balaban J connectivity index is 1.63. The van der Waals surface area contributed by atoms with Gasteiger partial charge in [-0.25, -0.2) is 0 Å². The maximum atomic E-state index is 12.9. The monoisotopic (exact) mass is 421 g/mol. The van der Waals surface area contributed by atoms with Crippen molar-refractivity contribution in [2.24, 2.45) is 0 Å². The predicted octanol–water partition coefficient (Wildman–Crippen LogP) is 5.16. The van der Waals surface area contributed by atoms with Crippen molar-refractivity contribution in [1.29, 1.82) is 0 Å². The van der Waals surface area contributed by atoms with E-state index >= 15 is 0 Å². The molecule has 0 aliphatic rings. The molecule has 0 spiro atoms. The van der Waals surface area contributed by atoms with Gasteiger partial charge in [0.15, 0.2) is 6.10 Å². The molecule has 1 atom stereocenters. The van der Waals surface area contributed by atoms with Crippen molar-refractivity contribution in [2.75, 3.05) is 7.05 Å². The van der Waals surface area contributed by atoms with Gasteiger partial charge in [0.2, 0.25) is 11.7 Å². The van der Waals surface area contributed by atoms with Gasteiger partial charge in [-0.3, -0.25) is 4.79 Å². The lowest BCUT2D eigenvalue weighted by Gasteiger charge is -2.23. The second-order valence-corrected chi connectivity index (χ2v) is 8.86. The number of hydrogen-bond donors (Lipinski definition) is 0. The molecular weight excluding hydrogens is 390 g/mol. The summed E-state index contributed by atoms with van der Waals surface area (Å²) in [5.74, 6) is 1.45. The minimum absolute atomic E-state index is 0.0697. The van der Waals surface area contributed by atoms with E-state index in [1.54, 1.807) is 11.9 Å². The van der Waals surface area contributed by atoms with Crippen LogP contribution in [0, 0.1) is 6.92 Å². The molecule has 0 fully saturated rings. The third-order valence-corrected chi connectivity index (χ3v) is 5.17. The first-order valence-electron chi connectivity index (χ1n) is 10.6. The molecule has 0 saturated heterocycles. The molecule has 0 aliphatic heterocycles. The van der Waals surface area contributed by atoms with Crippen molar-refractivity contribution in [3.63, 3.8) is 0 Å². The highest BCUT2D eigenvalue weighted by Gasteiger charge is 2.24. The van der Waals surface area contributed by atoms with Gasteiger partial charge in [0.05, 0.1) is 6.54 Å². The topological polar surface area (TPSA) is 68.5 Å². The number of hydrogen-bond acceptors (Lipinski definition) is 5. The Morgan fingerprint density at radius 2 is 1.74 bits per heavy atom. The molecule has 6 heteroatoms. The molecule has 0 bridgehead atoms. The van der Waals surface area contributed by atoms with Crippen LogP contribution in [0.3, 0.4) is 0 Å². The summed E-state index contributed by atoms with van der Waals surface area (Å²) in [6, 6.07) is 15.8. The van der Waals surface area contributed by atoms with Crippen LogP contribution in [0.2, 0.25) is 0 Å². The number of aromatic nitrogens is 2. The average molecular weight is 422 g/mol. The minimum atomic E-state index is -0.579. The van der Waals surface area contributed by atoms with Crippen molar-refractivity contribution in [3.8, 4) is 17.1 Å². The fraction of sp³-hybridized carbons (Fsp3) is 0.400. The number of carbonyl (C=O) groups is 1. The lowest BCUT2D eigenvalue weighted by atomic mass is 9.87. The molecule has 0 N–H and O–H groups in total. The number of aryl methyl sites for hydroxylation is 1. The van der Waals surface area contributed by atoms with Gasteiger partial charge in [-0.05, 0) is 36.5 Å². The highest BCUT2D eigenvalue weighted by molar-refractivity contribution is 5.81. The number of ether oxygens (including phenoxy) is 1. The van der Waals surface area contributed by atoms with Gasteiger partial charge in [-0.15, -0.1) is 0 Å². The quantitative estimate of drug-likeness (QED) is 0.527. The second-order valence-electron chi connectivity index (χ2n) is 8.86. The molecule has 31 heavy (non-hydrogen) atoms. The molecule has 1 heterocycles. The fourth-order valence-electron chi connectivity index (χ4n) is 3.17. The second kappa shape index (κ2) is 9.33. The van der Waals surface area contributed by atoms with Crippen LogP contribution in [0.15, 0.2) is 53.1 Å². The summed E-state index contributed by atoms with van der Waals surface area (Å²) in [6.45, 7) is 10.7. The van der Waals surface area contributed by atoms with E-state index in [2.05, 4.69) is 30.9 Å². The van der Waals surface area contributed by atoms with Crippen LogP contribution in [0.5, 0.6) is 5.75 Å². The highest BCUT2D eigenvalue weighted by atomic mass is 16.5. The minimum Gasteiger partial charge on any atom is -0.481 e. The molecule has 3 rings (SSSR count). The van der Waals surface area contributed by atoms with Crippen molar-refractivity contribution in [2.45, 2.75) is 59.1 Å². The summed E-state index contributed by atoms with van der Waals surface area (Å²) in [4.78, 5) is 18.9. The van der Waals surface area contributed by atoms with Crippen LogP contribution in [-0.4, -0.2) is 34.1 Å². The fourth-order valence-corrected chi connectivity index (χ4v) is 3.17. The summed E-state index contributed by atoms with van der Waals surface area (Å²) >= 11 is 0. The zero-order chi connectivity index (χ0) is 22.6. The zero-order valence-electron chi connectivity index (χ0n) is 19.2. The third-order valence-electron chi connectivity index (χ3n) is 5.17. The number of carbonyl (C=O) groups excluding carboxylic acids is 1. The molecular formula is C25H31N3O3. The van der Waals surface area contributed by atoms with Gasteiger partial charge < -0.3 is 14.2 Å². The Bertz CT molecular complexity index is 1000. The third kappa shape index (κ3) is 5.72. The summed E-state index contributed by atoms with van der Waals surface area (Å²) in [6.07, 6.45) is -0.0205. The van der Waals surface area contributed by atoms with Crippen LogP contribution in [0.1, 0.15) is 51.1 Å². The van der Waals surface area contributed by atoms with Gasteiger partial charge in [0.1, 0.15) is 5.75 Å². The molecule has 0 aliphatic carbocycles. The van der Waals surface area contributed by atoms with Crippen molar-refractivity contribution in [1.82, 2.24) is 15.0 Å². The van der Waals surface area contributed by atoms with E-state index in [1.165, 1.54) is 5.56 Å². The number of rotatable bonds is 7. The van der Waals surface area contributed by atoms with E-state index < -0.39 is 6.10 Å². The molecule has 1 amide bonds. The Kier molecular flexibility index (Phi) is 6.78. The Morgan fingerprint density at radius 3 is 2.32 bits per heavy atom. The smallest absolute Gasteiger partial charge is 0.263 e. The molecule has 0 saturated carbocycles. The first-order chi connectivity index (χ1) is 14.7. The normalized spacial score (nSPS) is 12.5. The van der Waals surface area contributed by atoms with Crippen LogP contribution in [0.4, 0.5) is 0 Å². The standard InChI is InChI=1S/C25H31N3O3/c1-7-21(30-20-14-12-19(13-15-20)25(3,4)5)24(29)28(6)16-22-26-23(27-31-22)18-10-8-17(2)9-11-18/h8-15,21H,7,16H2,1-6H3/t21-/m0/s1. The van der Waals surface area contributed by atoms with Crippen LogP contribution in [-0.2, 0) is 16.8 Å². The molecule has 3 aromatic rings. The first-order valence-corrected chi connectivity index (χ1v) is 10.6. The SMILES string of the molecule is CC[C@H](Oc1ccc(C(C)(C)C)cc1)C(=O)N(C)Cc1nc(-c2ccc(C)cc2)no1. The van der Waals surface area contributed by atoms with Gasteiger partial charge in [-0.1, -0.05) is 74.8 Å². The van der Waals surface area contributed by atoms with Crippen LogP contribution in [0.25, 0.3) is 11.4 Å². The first kappa shape index (κ1) is 22.5. The average Bonchev–Trinajstić information content (AvgIpc) is 3.20. The maximum absolute atomic E-state index is 12.9. The van der Waals surface area contributed by atoms with Gasteiger partial charge in [0.25, 0.3) is 5.91 Å². The summed E-state index contributed by atoms with van der Waals surface area (Å²) in [5, 5.41) is 4.03. The molecule has 1 aromatic heterocycles. The van der Waals surface area contributed by atoms with Crippen molar-refractivity contribution >= 4 is 5.91 Å². The van der Waals surface area contributed by atoms with Crippen molar-refractivity contribution in [3.05, 3.63) is 65.5 Å². The molecule has 2 aromatic carbocycles. The number of nitrogens with zero attached hydrogens (tertiary/aromatic N) is 3. The molecule has 0 unspecified atom stereocenters. The van der Waals surface area contributed by atoms with Crippen LogP contribution >= 0.6 is 0 Å². The van der Waals surface area contributed by atoms with E-state index in [9.17, 15) is 4.79 Å². The number of amides is 1. The molecule has 164 valence electrons. The highest BCUT2D eigenvalue weighted by Crippen LogP contribution is 2.25. The van der Waals surface area contributed by atoms with E-state index in [0.717, 1.165) is 11.1 Å². The van der Waals surface area contributed by atoms with Gasteiger partial charge >= 0.3 is 0 Å². The predicted molar refractivity (Wildman–Crippen MR) is 121 cm³/mol. The zero-order valence-corrected chi connectivity index (χ0v) is 19.2. The van der Waals surface area contributed by atoms with Crippen LogP contribution < -0.4 is 4.74 Å². The van der Waals surface area contributed by atoms with Crippen molar-refractivity contribution < 1.29 is 14.1 Å². The van der Waals surface area contributed by atoms with E-state index in [-0.39, 0.29) is 17.9 Å². The summed E-state index contributed by atoms with van der Waals surface area (Å²) in [5.41, 5.74) is 3.33. The van der Waals surface area contributed by atoms with E-state index in [0.29, 0.717) is 23.9 Å². The Labute approximate surface area is 184 Å². The summed E-state index contributed by atoms with van der Waals surface area (Å²) in [7, 11) is 1.72. The molecule has 6 nitrogen and oxygen atoms in total. The van der Waals surface area contributed by atoms with E-state index in [4.69, 9.17) is 9.26 Å². The van der Waals surface area contributed by atoms with Gasteiger partial charge in [0, 0.05) is 12.6 Å². The number of benzene rings is 2. The summed E-state index contributed by atoms with van der Waals surface area (Å²) < 4.78 is 11.3. The lowest BCUT2D eigenvalue weighted by molar-refractivity contribution is -0.138. The Hall–Kier alpha value is -3.15. The number of likely N-dealkylation sites (N-methyl/N-ethyl adjacent to an activating group) is 1. The lowest BCUT2D eigenvalue weighted by Crippen LogP contribution is -2.39. The Morgan fingerprint density at radius 1 is 1.10 bits per heavy atom. The van der Waals surface area contributed by atoms with E-state index in [1.807, 2.05) is 62.4 Å².